The summed E-state index contributed by atoms with van der Waals surface area (Å²) in [5, 5.41) is 18.1. The maximum absolute atomic E-state index is 14.6. The first-order chi connectivity index (χ1) is 13.2. The van der Waals surface area contributed by atoms with Gasteiger partial charge in [0, 0.05) is 17.2 Å². The highest BCUT2D eigenvalue weighted by Crippen LogP contribution is 2.34. The molecule has 0 radical (unpaired) electrons. The van der Waals surface area contributed by atoms with Crippen LogP contribution in [0.3, 0.4) is 0 Å². The zero-order valence-electron chi connectivity index (χ0n) is 14.3. The minimum atomic E-state index is -0.984. The lowest BCUT2D eigenvalue weighted by atomic mass is 10.2. The minimum Gasteiger partial charge on any atom is -0.433 e. The summed E-state index contributed by atoms with van der Waals surface area (Å²) >= 11 is 6.07. The third kappa shape index (κ3) is 3.28. The van der Waals surface area contributed by atoms with Gasteiger partial charge in [-0.05, 0) is 19.9 Å². The van der Waals surface area contributed by atoms with Gasteiger partial charge in [-0.1, -0.05) is 11.6 Å². The molecule has 12 heteroatoms. The molecule has 0 atom stereocenters. The Bertz CT molecular complexity index is 1300. The van der Waals surface area contributed by atoms with Gasteiger partial charge in [-0.25, -0.2) is 14.3 Å². The van der Waals surface area contributed by atoms with E-state index in [1.165, 1.54) is 6.07 Å². The van der Waals surface area contributed by atoms with Crippen molar-refractivity contribution in [1.29, 1.82) is 5.26 Å². The highest BCUT2D eigenvalue weighted by atomic mass is 35.5. The van der Waals surface area contributed by atoms with Crippen LogP contribution in [0.25, 0.3) is 5.69 Å². The third-order valence-electron chi connectivity index (χ3n) is 3.84. The van der Waals surface area contributed by atoms with Gasteiger partial charge in [-0.15, -0.1) is 10.2 Å². The van der Waals surface area contributed by atoms with Crippen LogP contribution in [0.2, 0.25) is 5.02 Å². The summed E-state index contributed by atoms with van der Waals surface area (Å²) in [5.74, 6) is -1.42. The quantitative estimate of drug-likeness (QED) is 0.663. The molecule has 3 rings (SSSR count). The second kappa shape index (κ2) is 7.09. The van der Waals surface area contributed by atoms with Crippen molar-refractivity contribution in [3.05, 3.63) is 71.0 Å². The van der Waals surface area contributed by atoms with Crippen LogP contribution in [0.4, 0.5) is 4.39 Å². The number of nitrogens with zero attached hydrogens (tertiary/aromatic N) is 4. The maximum atomic E-state index is 14.6. The normalized spacial score (nSPS) is 10.5. The van der Waals surface area contributed by atoms with Crippen LogP contribution in [0, 0.1) is 31.0 Å². The number of nitriles is 1. The predicted molar refractivity (Wildman–Crippen MR) is 94.5 cm³/mol. The third-order valence-corrected chi connectivity index (χ3v) is 4.12. The van der Waals surface area contributed by atoms with Crippen molar-refractivity contribution < 1.29 is 9.13 Å². The average Bonchev–Trinajstić information content (AvgIpc) is 2.64. The fraction of sp³-hybridized carbons (Fsp3) is 0.125. The lowest BCUT2D eigenvalue weighted by Crippen LogP contribution is -2.33. The molecule has 3 aromatic rings. The minimum absolute atomic E-state index is 0.0586. The van der Waals surface area contributed by atoms with Gasteiger partial charge in [0.05, 0.1) is 10.7 Å². The monoisotopic (exact) mass is 404 g/mol. The van der Waals surface area contributed by atoms with Gasteiger partial charge in [0.2, 0.25) is 11.6 Å². The molecule has 142 valence electrons. The number of H-pyrrole nitrogens is 2. The summed E-state index contributed by atoms with van der Waals surface area (Å²) in [7, 11) is 0. The molecule has 0 spiro atoms. The summed E-state index contributed by atoms with van der Waals surface area (Å²) < 4.78 is 20.6. The van der Waals surface area contributed by atoms with E-state index in [0.29, 0.717) is 15.8 Å². The number of benzene rings is 1. The lowest BCUT2D eigenvalue weighted by Gasteiger charge is -2.12. The highest BCUT2D eigenvalue weighted by molar-refractivity contribution is 6.32. The van der Waals surface area contributed by atoms with E-state index in [0.717, 1.165) is 12.1 Å². The molecule has 0 unspecified atom stereocenters. The molecule has 0 aliphatic carbocycles. The summed E-state index contributed by atoms with van der Waals surface area (Å²) in [4.78, 5) is 36.8. The second-order valence-corrected chi connectivity index (χ2v) is 5.99. The molecule has 0 saturated carbocycles. The van der Waals surface area contributed by atoms with Crippen LogP contribution >= 0.6 is 11.6 Å². The molecule has 0 amide bonds. The van der Waals surface area contributed by atoms with Gasteiger partial charge in [0.25, 0.3) is 11.1 Å². The van der Waals surface area contributed by atoms with Crippen LogP contribution in [-0.4, -0.2) is 25.0 Å². The van der Waals surface area contributed by atoms with E-state index in [1.807, 2.05) is 4.98 Å². The van der Waals surface area contributed by atoms with E-state index in [1.54, 1.807) is 13.8 Å². The first-order valence-electron chi connectivity index (χ1n) is 7.59. The molecule has 0 aliphatic heterocycles. The van der Waals surface area contributed by atoms with Crippen LogP contribution < -0.4 is 21.5 Å². The Morgan fingerprint density at radius 1 is 1.21 bits per heavy atom. The summed E-state index contributed by atoms with van der Waals surface area (Å²) in [6, 6.07) is 3.55. The van der Waals surface area contributed by atoms with Crippen LogP contribution in [0.1, 0.15) is 16.8 Å². The maximum Gasteiger partial charge on any atom is 0.349 e. The molecule has 0 bridgehead atoms. The van der Waals surface area contributed by atoms with Gasteiger partial charge in [0.15, 0.2) is 11.6 Å². The summed E-state index contributed by atoms with van der Waals surface area (Å²) in [5.41, 5.74) is -2.36. The number of halogens is 2. The summed E-state index contributed by atoms with van der Waals surface area (Å²) in [6.45, 7) is 3.12. The van der Waals surface area contributed by atoms with E-state index in [4.69, 9.17) is 21.6 Å². The van der Waals surface area contributed by atoms with Crippen molar-refractivity contribution in [3.8, 4) is 23.4 Å². The topological polar surface area (TPSA) is 147 Å². The van der Waals surface area contributed by atoms with Gasteiger partial charge in [0.1, 0.15) is 6.07 Å². The fourth-order valence-electron chi connectivity index (χ4n) is 2.21. The lowest BCUT2D eigenvalue weighted by molar-refractivity contribution is 0.417. The molecule has 10 nitrogen and oxygen atoms in total. The molecule has 28 heavy (non-hydrogen) atoms. The smallest absolute Gasteiger partial charge is 0.349 e. The van der Waals surface area contributed by atoms with Gasteiger partial charge < -0.3 is 4.74 Å². The van der Waals surface area contributed by atoms with Crippen molar-refractivity contribution in [2.45, 2.75) is 13.8 Å². The van der Waals surface area contributed by atoms with E-state index in [-0.39, 0.29) is 16.6 Å². The standard InChI is InChI=1S/C16H10ClFN6O4/c1-6-7(2)15(22-21-13(6)25)28-12-9(17)3-8(4-10(12)18)24-16(27)20-14(26)11(5-19)23-24/h3-4H,1-2H3,(H,21,25)(H,20,26,27). The Balaban J connectivity index is 2.10. The second-order valence-electron chi connectivity index (χ2n) is 5.58. The average molecular weight is 405 g/mol. The fourth-order valence-corrected chi connectivity index (χ4v) is 2.45. The molecule has 0 fully saturated rings. The van der Waals surface area contributed by atoms with Gasteiger partial charge >= 0.3 is 5.69 Å². The number of aromatic amines is 2. The van der Waals surface area contributed by atoms with Crippen LogP contribution in [0.5, 0.6) is 11.6 Å². The number of nitrogens with one attached hydrogen (secondary N) is 2. The molecule has 2 heterocycles. The number of hydrogen-bond donors (Lipinski definition) is 2. The van der Waals surface area contributed by atoms with Gasteiger partial charge in [-0.2, -0.15) is 9.94 Å². The number of aromatic nitrogens is 5. The Kier molecular flexibility index (Phi) is 4.81. The van der Waals surface area contributed by atoms with Crippen molar-refractivity contribution in [1.82, 2.24) is 25.0 Å². The van der Waals surface area contributed by atoms with Crippen molar-refractivity contribution in [2.75, 3.05) is 0 Å². The van der Waals surface area contributed by atoms with Crippen LogP contribution in [-0.2, 0) is 0 Å². The number of rotatable bonds is 3. The first-order valence-corrected chi connectivity index (χ1v) is 7.97. The van der Waals surface area contributed by atoms with E-state index >= 15 is 0 Å². The molecule has 0 saturated heterocycles. The van der Waals surface area contributed by atoms with Crippen LogP contribution in [0.15, 0.2) is 26.5 Å². The molecule has 2 aromatic heterocycles. The summed E-state index contributed by atoms with van der Waals surface area (Å²) in [6.07, 6.45) is 0. The zero-order valence-corrected chi connectivity index (χ0v) is 15.1. The van der Waals surface area contributed by atoms with Gasteiger partial charge in [-0.3, -0.25) is 14.6 Å². The van der Waals surface area contributed by atoms with E-state index in [2.05, 4.69) is 15.3 Å². The zero-order chi connectivity index (χ0) is 20.6. The SMILES string of the molecule is Cc1c(Oc2c(F)cc(-n3nc(C#N)c(=O)[nH]c3=O)cc2Cl)n[nH]c(=O)c1C. The van der Waals surface area contributed by atoms with E-state index < -0.39 is 34.1 Å². The number of hydrogen-bond acceptors (Lipinski definition) is 7. The molecular formula is C16H10ClFN6O4. The Hall–Kier alpha value is -3.78. The van der Waals surface area contributed by atoms with Crippen molar-refractivity contribution >= 4 is 11.6 Å². The number of ether oxygens (including phenoxy) is 1. The largest absolute Gasteiger partial charge is 0.433 e. The first kappa shape index (κ1) is 19.0. The Morgan fingerprint density at radius 2 is 1.93 bits per heavy atom. The molecule has 2 N–H and O–H groups in total. The molecule has 0 aliphatic rings. The highest BCUT2D eigenvalue weighted by Gasteiger charge is 2.18. The van der Waals surface area contributed by atoms with Crippen molar-refractivity contribution in [2.24, 2.45) is 0 Å². The molecular weight excluding hydrogens is 395 g/mol. The van der Waals surface area contributed by atoms with Crippen molar-refractivity contribution in [3.63, 3.8) is 0 Å². The predicted octanol–water partition coefficient (Wildman–Crippen LogP) is 1.08. The Morgan fingerprint density at radius 3 is 2.57 bits per heavy atom. The van der Waals surface area contributed by atoms with E-state index in [9.17, 15) is 18.8 Å². The Labute approximate surface area is 159 Å². The molecule has 1 aromatic carbocycles.